The smallest absolute Gasteiger partial charge is 0.261 e. The van der Waals surface area contributed by atoms with Crippen molar-refractivity contribution >= 4 is 51.2 Å². The van der Waals surface area contributed by atoms with Crippen LogP contribution >= 0.6 is 11.6 Å². The zero-order valence-electron chi connectivity index (χ0n) is 19.5. The van der Waals surface area contributed by atoms with E-state index in [2.05, 4.69) is 38.7 Å². The highest BCUT2D eigenvalue weighted by molar-refractivity contribution is 7.92. The molecule has 2 aromatic carbocycles. The molecular weight excluding hydrogens is 470 g/mol. The molecule has 2 aromatic heterocycles. The number of aryl methyl sites for hydroxylation is 1. The fourth-order valence-corrected chi connectivity index (χ4v) is 5.33. The van der Waals surface area contributed by atoms with E-state index in [4.69, 9.17) is 11.6 Å². The van der Waals surface area contributed by atoms with Gasteiger partial charge in [0.15, 0.2) is 0 Å². The summed E-state index contributed by atoms with van der Waals surface area (Å²) in [5.41, 5.74) is 1.81. The van der Waals surface area contributed by atoms with Gasteiger partial charge in [0.2, 0.25) is 5.56 Å². The maximum Gasteiger partial charge on any atom is 0.261 e. The Hall–Kier alpha value is -3.29. The number of rotatable bonds is 4. The van der Waals surface area contributed by atoms with Crippen molar-refractivity contribution in [2.45, 2.75) is 31.1 Å². The molecule has 0 saturated carbocycles. The molecule has 0 atom stereocenters. The number of hydrogen-bond donors (Lipinski definition) is 1. The van der Waals surface area contributed by atoms with Crippen molar-refractivity contribution in [1.82, 2.24) is 9.13 Å². The van der Waals surface area contributed by atoms with Gasteiger partial charge in [-0.3, -0.25) is 9.52 Å². The molecule has 0 aliphatic rings. The highest BCUT2D eigenvalue weighted by Crippen LogP contribution is 2.29. The summed E-state index contributed by atoms with van der Waals surface area (Å²) in [5.74, 6) is 0. The van der Waals surface area contributed by atoms with Crippen molar-refractivity contribution < 1.29 is 8.42 Å². The van der Waals surface area contributed by atoms with Crippen LogP contribution < -0.4 is 21.0 Å². The van der Waals surface area contributed by atoms with Crippen molar-refractivity contribution in [3.05, 3.63) is 86.4 Å². The molecule has 2 heterocycles. The quantitative estimate of drug-likeness (QED) is 0.466. The fraction of sp³-hybridized carbons (Fsp3) is 0.192. The minimum atomic E-state index is -3.87. The van der Waals surface area contributed by atoms with Gasteiger partial charge < -0.3 is 9.13 Å². The summed E-state index contributed by atoms with van der Waals surface area (Å²) >= 11 is 6.50. The van der Waals surface area contributed by atoms with Gasteiger partial charge in [0.1, 0.15) is 0 Å². The number of hydrogen-bond acceptors (Lipinski definition) is 3. The first-order valence-electron chi connectivity index (χ1n) is 10.6. The Kier molecular flexibility index (Phi) is 5.74. The van der Waals surface area contributed by atoms with E-state index in [0.29, 0.717) is 37.9 Å². The van der Waals surface area contributed by atoms with E-state index in [-0.39, 0.29) is 15.9 Å². The third-order valence-corrected chi connectivity index (χ3v) is 7.57. The van der Waals surface area contributed by atoms with Crippen LogP contribution in [-0.4, -0.2) is 17.6 Å². The molecule has 176 valence electrons. The second-order valence-electron chi connectivity index (χ2n) is 9.29. The van der Waals surface area contributed by atoms with Gasteiger partial charge in [0.25, 0.3) is 10.0 Å². The monoisotopic (exact) mass is 495 g/mol. The van der Waals surface area contributed by atoms with E-state index in [1.54, 1.807) is 48.1 Å². The Morgan fingerprint density at radius 1 is 0.912 bits per heavy atom. The SMILES string of the molecule is C=c1c2c(Cl)ccc(NS(=O)(=O)c3ccc(C(C)(C)C)cc3)c2c(=C)n1-c1ccc(=O)n(C)c1. The van der Waals surface area contributed by atoms with E-state index in [1.165, 1.54) is 10.6 Å². The van der Waals surface area contributed by atoms with Gasteiger partial charge in [-0.1, -0.05) is 57.7 Å². The normalized spacial score (nSPS) is 12.3. The van der Waals surface area contributed by atoms with Gasteiger partial charge >= 0.3 is 0 Å². The van der Waals surface area contributed by atoms with Crippen LogP contribution in [0, 0.1) is 0 Å². The van der Waals surface area contributed by atoms with Crippen molar-refractivity contribution in [2.24, 2.45) is 7.05 Å². The molecule has 0 spiro atoms. The van der Waals surface area contributed by atoms with Crippen molar-refractivity contribution in [2.75, 3.05) is 4.72 Å². The van der Waals surface area contributed by atoms with E-state index >= 15 is 0 Å². The predicted octanol–water partition coefficient (Wildman–Crippen LogP) is 3.90. The summed E-state index contributed by atoms with van der Waals surface area (Å²) in [6.07, 6.45) is 1.67. The number of fused-ring (bicyclic) bond motifs is 1. The molecule has 0 amide bonds. The number of sulfonamides is 1. The first kappa shape index (κ1) is 23.9. The molecule has 0 aliphatic heterocycles. The van der Waals surface area contributed by atoms with E-state index < -0.39 is 10.0 Å². The van der Waals surface area contributed by atoms with Crippen LogP contribution in [0.15, 0.2) is 64.4 Å². The van der Waals surface area contributed by atoms with Crippen molar-refractivity contribution in [3.8, 4) is 5.69 Å². The first-order chi connectivity index (χ1) is 15.8. The van der Waals surface area contributed by atoms with Crippen LogP contribution in [0.1, 0.15) is 26.3 Å². The molecule has 0 bridgehead atoms. The summed E-state index contributed by atoms with van der Waals surface area (Å²) in [4.78, 5) is 12.0. The largest absolute Gasteiger partial charge is 0.316 e. The van der Waals surface area contributed by atoms with Gasteiger partial charge in [0, 0.05) is 40.8 Å². The summed E-state index contributed by atoms with van der Waals surface area (Å²) < 4.78 is 32.3. The van der Waals surface area contributed by atoms with Crippen LogP contribution in [0.4, 0.5) is 5.69 Å². The molecule has 8 heteroatoms. The molecule has 6 nitrogen and oxygen atoms in total. The lowest BCUT2D eigenvalue weighted by atomic mass is 9.87. The number of halogens is 1. The standard InChI is InChI=1S/C26H26ClN3O3S/c1-16-24-21(27)12-13-22(25(24)17(2)30(16)19-9-14-23(31)29(6)15-19)28-34(32,33)20-10-7-18(8-11-20)26(3,4)5/h7-15,28H,1-2H2,3-6H3. The Morgan fingerprint density at radius 2 is 1.53 bits per heavy atom. The van der Waals surface area contributed by atoms with E-state index in [0.717, 1.165) is 5.56 Å². The zero-order chi connectivity index (χ0) is 25.0. The van der Waals surface area contributed by atoms with Crippen LogP contribution in [0.5, 0.6) is 0 Å². The van der Waals surface area contributed by atoms with Crippen LogP contribution in [-0.2, 0) is 22.5 Å². The van der Waals surface area contributed by atoms with Crippen LogP contribution in [0.25, 0.3) is 29.6 Å². The molecule has 4 rings (SSSR count). The maximum absolute atomic E-state index is 13.2. The highest BCUT2D eigenvalue weighted by atomic mass is 35.5. The molecule has 0 unspecified atom stereocenters. The van der Waals surface area contributed by atoms with Crippen molar-refractivity contribution in [3.63, 3.8) is 0 Å². The topological polar surface area (TPSA) is 73.1 Å². The maximum atomic E-state index is 13.2. The number of aromatic nitrogens is 2. The van der Waals surface area contributed by atoms with Gasteiger partial charge in [-0.05, 0) is 41.3 Å². The number of pyridine rings is 1. The average molecular weight is 496 g/mol. The Morgan fingerprint density at radius 3 is 2.12 bits per heavy atom. The van der Waals surface area contributed by atoms with Crippen molar-refractivity contribution in [1.29, 1.82) is 0 Å². The minimum absolute atomic E-state index is 0.0881. The van der Waals surface area contributed by atoms with Gasteiger partial charge in [-0.25, -0.2) is 8.42 Å². The Balaban J connectivity index is 1.87. The number of nitrogens with one attached hydrogen (secondary N) is 1. The summed E-state index contributed by atoms with van der Waals surface area (Å²) in [6.45, 7) is 14.6. The lowest BCUT2D eigenvalue weighted by Gasteiger charge is -2.19. The summed E-state index contributed by atoms with van der Waals surface area (Å²) in [5, 5.41) is 2.59. The summed E-state index contributed by atoms with van der Waals surface area (Å²) in [7, 11) is -2.22. The molecule has 0 aliphatic carbocycles. The third-order valence-electron chi connectivity index (χ3n) is 5.87. The first-order valence-corrected chi connectivity index (χ1v) is 12.5. The number of nitrogens with zero attached hydrogens (tertiary/aromatic N) is 2. The number of benzene rings is 2. The zero-order valence-corrected chi connectivity index (χ0v) is 21.1. The lowest BCUT2D eigenvalue weighted by molar-refractivity contribution is 0.587. The Labute approximate surface area is 203 Å². The number of anilines is 1. The molecule has 0 radical (unpaired) electrons. The highest BCUT2D eigenvalue weighted by Gasteiger charge is 2.21. The van der Waals surface area contributed by atoms with E-state index in [9.17, 15) is 13.2 Å². The summed E-state index contributed by atoms with van der Waals surface area (Å²) in [6, 6.07) is 13.2. The molecule has 0 saturated heterocycles. The molecule has 0 fully saturated rings. The second-order valence-corrected chi connectivity index (χ2v) is 11.4. The average Bonchev–Trinajstić information content (AvgIpc) is 3.03. The van der Waals surface area contributed by atoms with Gasteiger partial charge in [-0.2, -0.15) is 0 Å². The molecule has 4 aromatic rings. The molecular formula is C26H26ClN3O3S. The van der Waals surface area contributed by atoms with Gasteiger partial charge in [-0.15, -0.1) is 0 Å². The lowest BCUT2D eigenvalue weighted by Crippen LogP contribution is -2.25. The third kappa shape index (κ3) is 4.06. The predicted molar refractivity (Wildman–Crippen MR) is 140 cm³/mol. The van der Waals surface area contributed by atoms with Gasteiger partial charge in [0.05, 0.1) is 21.3 Å². The Bertz CT molecular complexity index is 1690. The van der Waals surface area contributed by atoms with E-state index in [1.807, 2.05) is 12.1 Å². The van der Waals surface area contributed by atoms with Crippen LogP contribution in [0.3, 0.4) is 0 Å². The minimum Gasteiger partial charge on any atom is -0.316 e. The molecule has 1 N–H and O–H groups in total. The second kappa shape index (κ2) is 8.18. The van der Waals surface area contributed by atoms with Crippen LogP contribution in [0.2, 0.25) is 5.02 Å². The molecule has 34 heavy (non-hydrogen) atoms. The fourth-order valence-electron chi connectivity index (χ4n) is 3.99.